The Kier molecular flexibility index (Phi) is 5.36. The molecule has 0 saturated carbocycles. The summed E-state index contributed by atoms with van der Waals surface area (Å²) < 4.78 is 5.17. The molecule has 0 atom stereocenters. The van der Waals surface area contributed by atoms with Gasteiger partial charge in [0.2, 0.25) is 5.91 Å². The van der Waals surface area contributed by atoms with Gasteiger partial charge in [0, 0.05) is 20.0 Å². The van der Waals surface area contributed by atoms with Gasteiger partial charge in [0.15, 0.2) is 0 Å². The summed E-state index contributed by atoms with van der Waals surface area (Å²) in [5.74, 6) is 0.916. The summed E-state index contributed by atoms with van der Waals surface area (Å²) in [7, 11) is 3.45. The Morgan fingerprint density at radius 3 is 2.68 bits per heavy atom. The molecule has 0 aromatic heterocycles. The quantitative estimate of drug-likeness (QED) is 0.855. The van der Waals surface area contributed by atoms with Gasteiger partial charge >= 0.3 is 0 Å². The molecular formula is C15H24N2O2. The number of nitrogens with zero attached hydrogens (tertiary/aromatic N) is 1. The van der Waals surface area contributed by atoms with Gasteiger partial charge in [-0.2, -0.15) is 0 Å². The Bertz CT molecular complexity index is 430. The van der Waals surface area contributed by atoms with E-state index in [9.17, 15) is 4.79 Å². The maximum absolute atomic E-state index is 12.1. The third-order valence-electron chi connectivity index (χ3n) is 3.16. The molecule has 19 heavy (non-hydrogen) atoms. The first-order chi connectivity index (χ1) is 8.88. The molecule has 1 rings (SSSR count). The molecule has 1 aromatic rings. The Morgan fingerprint density at radius 2 is 2.11 bits per heavy atom. The molecule has 2 N–H and O–H groups in total. The highest BCUT2D eigenvalue weighted by molar-refractivity contribution is 5.76. The van der Waals surface area contributed by atoms with Crippen LogP contribution >= 0.6 is 0 Å². The molecule has 0 aliphatic carbocycles. The van der Waals surface area contributed by atoms with Crippen molar-refractivity contribution in [2.75, 3.05) is 20.7 Å². The third kappa shape index (κ3) is 4.91. The van der Waals surface area contributed by atoms with Gasteiger partial charge in [-0.15, -0.1) is 0 Å². The molecule has 0 unspecified atom stereocenters. The number of ether oxygens (including phenoxy) is 1. The lowest BCUT2D eigenvalue weighted by atomic mass is 9.89. The van der Waals surface area contributed by atoms with Crippen LogP contribution in [0.4, 0.5) is 0 Å². The minimum absolute atomic E-state index is 0.110. The van der Waals surface area contributed by atoms with Crippen molar-refractivity contribution in [2.45, 2.75) is 26.8 Å². The summed E-state index contributed by atoms with van der Waals surface area (Å²) in [5.41, 5.74) is 6.56. The normalized spacial score (nSPS) is 11.2. The SMILES string of the molecule is COc1cccc(CN(C)C(=O)CC(C)(C)CN)c1. The van der Waals surface area contributed by atoms with Gasteiger partial charge in [0.05, 0.1) is 7.11 Å². The van der Waals surface area contributed by atoms with Crippen LogP contribution in [0.2, 0.25) is 0 Å². The maximum Gasteiger partial charge on any atom is 0.223 e. The van der Waals surface area contributed by atoms with Crippen molar-refractivity contribution in [3.05, 3.63) is 29.8 Å². The second kappa shape index (κ2) is 6.57. The topological polar surface area (TPSA) is 55.6 Å². The van der Waals surface area contributed by atoms with E-state index in [1.807, 2.05) is 45.2 Å². The fourth-order valence-corrected chi connectivity index (χ4v) is 1.75. The van der Waals surface area contributed by atoms with Crippen LogP contribution in [0.25, 0.3) is 0 Å². The molecule has 0 aliphatic heterocycles. The highest BCUT2D eigenvalue weighted by atomic mass is 16.5. The van der Waals surface area contributed by atoms with Gasteiger partial charge in [-0.3, -0.25) is 4.79 Å². The van der Waals surface area contributed by atoms with Crippen LogP contribution in [-0.4, -0.2) is 31.5 Å². The van der Waals surface area contributed by atoms with Gasteiger partial charge in [-0.05, 0) is 29.7 Å². The van der Waals surface area contributed by atoms with Crippen LogP contribution in [0, 0.1) is 5.41 Å². The second-order valence-electron chi connectivity index (χ2n) is 5.65. The van der Waals surface area contributed by atoms with E-state index in [2.05, 4.69) is 0 Å². The molecule has 4 heteroatoms. The minimum atomic E-state index is -0.153. The van der Waals surface area contributed by atoms with E-state index in [0.29, 0.717) is 19.5 Å². The van der Waals surface area contributed by atoms with E-state index in [1.165, 1.54) is 0 Å². The minimum Gasteiger partial charge on any atom is -0.497 e. The van der Waals surface area contributed by atoms with Crippen LogP contribution in [0.15, 0.2) is 24.3 Å². The van der Waals surface area contributed by atoms with E-state index < -0.39 is 0 Å². The number of carbonyl (C=O) groups is 1. The predicted octanol–water partition coefficient (Wildman–Crippen LogP) is 2.03. The zero-order valence-electron chi connectivity index (χ0n) is 12.3. The lowest BCUT2D eigenvalue weighted by Crippen LogP contribution is -2.34. The number of benzene rings is 1. The van der Waals surface area contributed by atoms with Crippen molar-refractivity contribution in [1.29, 1.82) is 0 Å². The first-order valence-corrected chi connectivity index (χ1v) is 6.45. The number of hydrogen-bond acceptors (Lipinski definition) is 3. The molecule has 0 heterocycles. The molecule has 0 fully saturated rings. The molecule has 0 bridgehead atoms. The lowest BCUT2D eigenvalue weighted by Gasteiger charge is -2.25. The fourth-order valence-electron chi connectivity index (χ4n) is 1.75. The van der Waals surface area contributed by atoms with Crippen LogP contribution in [0.1, 0.15) is 25.8 Å². The number of rotatable bonds is 6. The first kappa shape index (κ1) is 15.5. The summed E-state index contributed by atoms with van der Waals surface area (Å²) in [5, 5.41) is 0. The van der Waals surface area contributed by atoms with E-state index in [0.717, 1.165) is 11.3 Å². The van der Waals surface area contributed by atoms with Gasteiger partial charge in [-0.1, -0.05) is 26.0 Å². The van der Waals surface area contributed by atoms with Crippen molar-refractivity contribution in [3.8, 4) is 5.75 Å². The highest BCUT2D eigenvalue weighted by Gasteiger charge is 2.22. The van der Waals surface area contributed by atoms with Gasteiger partial charge in [-0.25, -0.2) is 0 Å². The zero-order valence-corrected chi connectivity index (χ0v) is 12.3. The summed E-state index contributed by atoms with van der Waals surface area (Å²) in [4.78, 5) is 13.8. The van der Waals surface area contributed by atoms with Crippen LogP contribution in [0.5, 0.6) is 5.75 Å². The lowest BCUT2D eigenvalue weighted by molar-refractivity contribution is -0.132. The molecule has 0 saturated heterocycles. The Morgan fingerprint density at radius 1 is 1.42 bits per heavy atom. The monoisotopic (exact) mass is 264 g/mol. The molecule has 0 radical (unpaired) electrons. The fraction of sp³-hybridized carbons (Fsp3) is 0.533. The number of hydrogen-bond donors (Lipinski definition) is 1. The van der Waals surface area contributed by atoms with Gasteiger partial charge in [0.1, 0.15) is 5.75 Å². The number of nitrogens with two attached hydrogens (primary N) is 1. The second-order valence-corrected chi connectivity index (χ2v) is 5.65. The number of methoxy groups -OCH3 is 1. The summed E-state index contributed by atoms with van der Waals surface area (Å²) in [6, 6.07) is 7.75. The number of carbonyl (C=O) groups excluding carboxylic acids is 1. The maximum atomic E-state index is 12.1. The van der Waals surface area contributed by atoms with Crippen molar-refractivity contribution < 1.29 is 9.53 Å². The largest absolute Gasteiger partial charge is 0.497 e. The zero-order chi connectivity index (χ0) is 14.5. The molecule has 1 amide bonds. The van der Waals surface area contributed by atoms with Gasteiger partial charge in [0.25, 0.3) is 0 Å². The van der Waals surface area contributed by atoms with Gasteiger partial charge < -0.3 is 15.4 Å². The standard InChI is InChI=1S/C15H24N2O2/c1-15(2,11-16)9-14(18)17(3)10-12-6-5-7-13(8-12)19-4/h5-8H,9-11,16H2,1-4H3. The molecule has 0 spiro atoms. The smallest absolute Gasteiger partial charge is 0.223 e. The summed E-state index contributed by atoms with van der Waals surface area (Å²) in [6.45, 7) is 5.09. The summed E-state index contributed by atoms with van der Waals surface area (Å²) >= 11 is 0. The average molecular weight is 264 g/mol. The molecule has 1 aromatic carbocycles. The van der Waals surface area contributed by atoms with E-state index in [-0.39, 0.29) is 11.3 Å². The Balaban J connectivity index is 2.63. The van der Waals surface area contributed by atoms with Crippen molar-refractivity contribution >= 4 is 5.91 Å². The third-order valence-corrected chi connectivity index (χ3v) is 3.16. The van der Waals surface area contributed by atoms with Crippen molar-refractivity contribution in [1.82, 2.24) is 4.90 Å². The average Bonchev–Trinajstić information content (AvgIpc) is 2.38. The van der Waals surface area contributed by atoms with Crippen LogP contribution in [-0.2, 0) is 11.3 Å². The molecule has 4 nitrogen and oxygen atoms in total. The van der Waals surface area contributed by atoms with Crippen LogP contribution in [0.3, 0.4) is 0 Å². The Hall–Kier alpha value is -1.55. The summed E-state index contributed by atoms with van der Waals surface area (Å²) in [6.07, 6.45) is 0.462. The predicted molar refractivity (Wildman–Crippen MR) is 76.9 cm³/mol. The van der Waals surface area contributed by atoms with Crippen LogP contribution < -0.4 is 10.5 Å². The van der Waals surface area contributed by atoms with Crippen molar-refractivity contribution in [2.24, 2.45) is 11.1 Å². The van der Waals surface area contributed by atoms with E-state index in [4.69, 9.17) is 10.5 Å². The number of amides is 1. The molecule has 0 aliphatic rings. The van der Waals surface area contributed by atoms with Crippen molar-refractivity contribution in [3.63, 3.8) is 0 Å². The van der Waals surface area contributed by atoms with E-state index in [1.54, 1.807) is 12.0 Å². The Labute approximate surface area is 115 Å². The van der Waals surface area contributed by atoms with E-state index >= 15 is 0 Å². The first-order valence-electron chi connectivity index (χ1n) is 6.45. The molecular weight excluding hydrogens is 240 g/mol. The molecule has 106 valence electrons. The highest BCUT2D eigenvalue weighted by Crippen LogP contribution is 2.20.